The molecule has 130 valence electrons. The van der Waals surface area contributed by atoms with Crippen LogP contribution in [0.5, 0.6) is 0 Å². The van der Waals surface area contributed by atoms with E-state index < -0.39 is 18.0 Å². The van der Waals surface area contributed by atoms with Gasteiger partial charge in [-0.3, -0.25) is 9.59 Å². The van der Waals surface area contributed by atoms with Gasteiger partial charge in [-0.1, -0.05) is 5.16 Å². The molecule has 2 heterocycles. The summed E-state index contributed by atoms with van der Waals surface area (Å²) in [6, 6.07) is 6.42. The first-order valence-corrected chi connectivity index (χ1v) is 8.43. The molecule has 2 aromatic rings. The van der Waals surface area contributed by atoms with E-state index in [2.05, 4.69) is 15.8 Å². The minimum atomic E-state index is -1.02. The van der Waals surface area contributed by atoms with Crippen LogP contribution in [-0.2, 0) is 14.3 Å². The maximum Gasteiger partial charge on any atom is 0.338 e. The normalized spacial score (nSPS) is 14.2. The summed E-state index contributed by atoms with van der Waals surface area (Å²) in [5, 5.41) is 8.84. The average Bonchev–Trinajstić information content (AvgIpc) is 2.98. The number of nitrogens with one attached hydrogen (secondary N) is 2. The summed E-state index contributed by atoms with van der Waals surface area (Å²) in [7, 11) is 0. The van der Waals surface area contributed by atoms with Gasteiger partial charge in [0.15, 0.2) is 11.9 Å². The molecule has 0 unspecified atom stereocenters. The Labute approximate surface area is 147 Å². The van der Waals surface area contributed by atoms with Crippen molar-refractivity contribution in [1.29, 1.82) is 0 Å². The third-order valence-corrected chi connectivity index (χ3v) is 4.45. The van der Waals surface area contributed by atoms with Gasteiger partial charge in [0.1, 0.15) is 5.76 Å². The van der Waals surface area contributed by atoms with Gasteiger partial charge in [0.25, 0.3) is 5.91 Å². The Hall–Kier alpha value is -2.81. The molecule has 25 heavy (non-hydrogen) atoms. The van der Waals surface area contributed by atoms with Crippen molar-refractivity contribution < 1.29 is 23.6 Å². The number of anilines is 2. The van der Waals surface area contributed by atoms with Crippen LogP contribution in [0.25, 0.3) is 0 Å². The molecule has 0 fully saturated rings. The number of thioether (sulfide) groups is 1. The van der Waals surface area contributed by atoms with E-state index in [9.17, 15) is 14.4 Å². The van der Waals surface area contributed by atoms with Crippen molar-refractivity contribution in [3.63, 3.8) is 0 Å². The van der Waals surface area contributed by atoms with E-state index in [4.69, 9.17) is 9.26 Å². The zero-order chi connectivity index (χ0) is 18.0. The number of nitrogens with zero attached hydrogens (tertiary/aromatic N) is 1. The fourth-order valence-electron chi connectivity index (χ4n) is 2.15. The Kier molecular flexibility index (Phi) is 4.75. The highest BCUT2D eigenvalue weighted by Crippen LogP contribution is 2.32. The molecule has 1 aromatic heterocycles. The SMILES string of the molecule is Cc1cc(NC(=O)[C@H](C)OC(=O)c2ccc3c(c2)NC(=O)CS3)no1. The molecule has 3 rings (SSSR count). The van der Waals surface area contributed by atoms with Gasteiger partial charge in [0, 0.05) is 11.0 Å². The summed E-state index contributed by atoms with van der Waals surface area (Å²) in [5.41, 5.74) is 0.810. The van der Waals surface area contributed by atoms with Crippen LogP contribution >= 0.6 is 11.8 Å². The summed E-state index contributed by atoms with van der Waals surface area (Å²) >= 11 is 1.40. The maximum absolute atomic E-state index is 12.2. The van der Waals surface area contributed by atoms with Gasteiger partial charge in [0.05, 0.1) is 17.0 Å². The molecule has 1 aliphatic rings. The Morgan fingerprint density at radius 1 is 1.40 bits per heavy atom. The van der Waals surface area contributed by atoms with Crippen LogP contribution in [0, 0.1) is 6.92 Å². The van der Waals surface area contributed by atoms with Crippen molar-refractivity contribution >= 4 is 41.1 Å². The maximum atomic E-state index is 12.2. The minimum absolute atomic E-state index is 0.126. The molecule has 0 aliphatic carbocycles. The van der Waals surface area contributed by atoms with Gasteiger partial charge < -0.3 is 19.9 Å². The molecule has 1 aliphatic heterocycles. The number of ether oxygens (including phenoxy) is 1. The summed E-state index contributed by atoms with van der Waals surface area (Å²) in [5.74, 6) is -0.170. The van der Waals surface area contributed by atoms with Crippen molar-refractivity contribution in [1.82, 2.24) is 5.16 Å². The zero-order valence-corrected chi connectivity index (χ0v) is 14.3. The first-order chi connectivity index (χ1) is 11.9. The Balaban J connectivity index is 1.64. The fourth-order valence-corrected chi connectivity index (χ4v) is 2.93. The number of aryl methyl sites for hydroxylation is 1. The van der Waals surface area contributed by atoms with Gasteiger partial charge in [-0.25, -0.2) is 4.79 Å². The number of carbonyl (C=O) groups is 3. The van der Waals surface area contributed by atoms with Crippen LogP contribution in [0.15, 0.2) is 33.7 Å². The Bertz CT molecular complexity index is 848. The molecular formula is C16H15N3O5S. The molecule has 0 spiro atoms. The molecule has 0 bridgehead atoms. The Morgan fingerprint density at radius 3 is 2.92 bits per heavy atom. The lowest BCUT2D eigenvalue weighted by Gasteiger charge is -2.17. The quantitative estimate of drug-likeness (QED) is 0.803. The lowest BCUT2D eigenvalue weighted by atomic mass is 10.2. The number of fused-ring (bicyclic) bond motifs is 1. The van der Waals surface area contributed by atoms with E-state index in [1.165, 1.54) is 24.8 Å². The van der Waals surface area contributed by atoms with Crippen LogP contribution in [0.1, 0.15) is 23.0 Å². The number of rotatable bonds is 4. The van der Waals surface area contributed by atoms with Crippen molar-refractivity contribution in [3.8, 4) is 0 Å². The molecule has 1 atom stereocenters. The second-order valence-corrected chi connectivity index (χ2v) is 6.42. The van der Waals surface area contributed by atoms with Crippen molar-refractivity contribution in [2.75, 3.05) is 16.4 Å². The topological polar surface area (TPSA) is 111 Å². The zero-order valence-electron chi connectivity index (χ0n) is 13.5. The molecule has 0 radical (unpaired) electrons. The number of esters is 1. The predicted octanol–water partition coefficient (Wildman–Crippen LogP) is 2.21. The van der Waals surface area contributed by atoms with Gasteiger partial charge in [-0.05, 0) is 32.0 Å². The smallest absolute Gasteiger partial charge is 0.338 e. The second-order valence-electron chi connectivity index (χ2n) is 5.41. The molecule has 9 heteroatoms. The summed E-state index contributed by atoms with van der Waals surface area (Å²) in [4.78, 5) is 36.6. The predicted molar refractivity (Wildman–Crippen MR) is 90.5 cm³/mol. The minimum Gasteiger partial charge on any atom is -0.449 e. The third-order valence-electron chi connectivity index (χ3n) is 3.38. The lowest BCUT2D eigenvalue weighted by Crippen LogP contribution is -2.30. The number of benzene rings is 1. The summed E-state index contributed by atoms with van der Waals surface area (Å²) in [6.45, 7) is 3.15. The first-order valence-electron chi connectivity index (χ1n) is 7.44. The van der Waals surface area contributed by atoms with Crippen LogP contribution < -0.4 is 10.6 Å². The molecule has 1 aromatic carbocycles. The third kappa shape index (κ3) is 4.00. The number of amides is 2. The number of hydrogen-bond donors (Lipinski definition) is 2. The number of hydrogen-bond acceptors (Lipinski definition) is 7. The second kappa shape index (κ2) is 6.98. The highest BCUT2D eigenvalue weighted by molar-refractivity contribution is 8.00. The van der Waals surface area contributed by atoms with Crippen LogP contribution in [-0.4, -0.2) is 34.8 Å². The van der Waals surface area contributed by atoms with E-state index in [1.54, 1.807) is 25.1 Å². The van der Waals surface area contributed by atoms with Gasteiger partial charge in [-0.15, -0.1) is 11.8 Å². The molecule has 2 N–H and O–H groups in total. The standard InChI is InChI=1S/C16H15N3O5S/c1-8-5-13(19-24-8)18-15(21)9(2)23-16(22)10-3-4-12-11(6-10)17-14(20)7-25-12/h3-6,9H,7H2,1-2H3,(H,17,20)(H,18,19,21)/t9-/m0/s1. The number of carbonyl (C=O) groups excluding carboxylic acids is 3. The summed E-state index contributed by atoms with van der Waals surface area (Å²) < 4.78 is 10.0. The van der Waals surface area contributed by atoms with Gasteiger partial charge in [0.2, 0.25) is 5.91 Å². The van der Waals surface area contributed by atoms with Crippen LogP contribution in [0.4, 0.5) is 11.5 Å². The van der Waals surface area contributed by atoms with Gasteiger partial charge >= 0.3 is 5.97 Å². The average molecular weight is 361 g/mol. The summed E-state index contributed by atoms with van der Waals surface area (Å²) in [6.07, 6.45) is -1.02. The Morgan fingerprint density at radius 2 is 2.20 bits per heavy atom. The molecule has 8 nitrogen and oxygen atoms in total. The monoisotopic (exact) mass is 361 g/mol. The van der Waals surface area contributed by atoms with E-state index in [-0.39, 0.29) is 17.3 Å². The highest BCUT2D eigenvalue weighted by atomic mass is 32.2. The molecular weight excluding hydrogens is 346 g/mol. The van der Waals surface area contributed by atoms with Crippen molar-refractivity contribution in [3.05, 3.63) is 35.6 Å². The number of aromatic nitrogens is 1. The molecule has 0 saturated carbocycles. The van der Waals surface area contributed by atoms with Crippen LogP contribution in [0.3, 0.4) is 0 Å². The van der Waals surface area contributed by atoms with E-state index in [0.29, 0.717) is 17.2 Å². The van der Waals surface area contributed by atoms with E-state index in [1.807, 2.05) is 0 Å². The highest BCUT2D eigenvalue weighted by Gasteiger charge is 2.22. The first kappa shape index (κ1) is 17.0. The largest absolute Gasteiger partial charge is 0.449 e. The van der Waals surface area contributed by atoms with Crippen LogP contribution in [0.2, 0.25) is 0 Å². The lowest BCUT2D eigenvalue weighted by molar-refractivity contribution is -0.123. The van der Waals surface area contributed by atoms with E-state index in [0.717, 1.165) is 4.90 Å². The van der Waals surface area contributed by atoms with Gasteiger partial charge in [-0.2, -0.15) is 0 Å². The molecule has 2 amide bonds. The van der Waals surface area contributed by atoms with Crippen molar-refractivity contribution in [2.24, 2.45) is 0 Å². The van der Waals surface area contributed by atoms with E-state index >= 15 is 0 Å². The van der Waals surface area contributed by atoms with Crippen molar-refractivity contribution in [2.45, 2.75) is 24.8 Å². The molecule has 0 saturated heterocycles. The fraction of sp³-hybridized carbons (Fsp3) is 0.250.